The van der Waals surface area contributed by atoms with Crippen LogP contribution in [0.1, 0.15) is 20.8 Å². The summed E-state index contributed by atoms with van der Waals surface area (Å²) in [5.74, 6) is 0. The first-order valence-corrected chi connectivity index (χ1v) is 4.37. The normalized spacial score (nSPS) is 17.1. The Morgan fingerprint density at radius 2 is 1.54 bits per heavy atom. The van der Waals surface area contributed by atoms with Gasteiger partial charge in [0, 0.05) is 7.11 Å². The van der Waals surface area contributed by atoms with Crippen LogP contribution in [0.3, 0.4) is 0 Å². The molecule has 0 aromatic rings. The second-order valence-corrected chi connectivity index (χ2v) is 3.91. The predicted molar refractivity (Wildman–Crippen MR) is 49.6 cm³/mol. The molecule has 0 heterocycles. The number of aliphatic hydroxyl groups is 2. The zero-order chi connectivity index (χ0) is 10.5. The summed E-state index contributed by atoms with van der Waals surface area (Å²) >= 11 is 0. The number of ether oxygens (including phenoxy) is 2. The van der Waals surface area contributed by atoms with Crippen molar-refractivity contribution < 1.29 is 19.7 Å². The van der Waals surface area contributed by atoms with E-state index in [0.29, 0.717) is 0 Å². The van der Waals surface area contributed by atoms with E-state index in [9.17, 15) is 0 Å². The third-order valence-electron chi connectivity index (χ3n) is 1.58. The van der Waals surface area contributed by atoms with Crippen LogP contribution >= 0.6 is 0 Å². The van der Waals surface area contributed by atoms with Crippen LogP contribution in [-0.4, -0.2) is 48.3 Å². The molecule has 0 aliphatic rings. The van der Waals surface area contributed by atoms with Crippen molar-refractivity contribution in [1.29, 1.82) is 0 Å². The molecule has 0 saturated heterocycles. The standard InChI is InChI=1S/C9H20O4/c1-9(2,3)13-8(6-11)7(5-10)12-4/h7-8,10-11H,5-6H2,1-4H3/t7-,8+/m0/s1. The molecule has 2 N–H and O–H groups in total. The van der Waals surface area contributed by atoms with Crippen molar-refractivity contribution in [3.63, 3.8) is 0 Å². The molecule has 0 aliphatic heterocycles. The molecule has 0 aromatic carbocycles. The lowest BCUT2D eigenvalue weighted by molar-refractivity contribution is -0.145. The van der Waals surface area contributed by atoms with Gasteiger partial charge in [-0.3, -0.25) is 0 Å². The molecule has 0 aliphatic carbocycles. The van der Waals surface area contributed by atoms with E-state index < -0.39 is 12.2 Å². The summed E-state index contributed by atoms with van der Waals surface area (Å²) in [6, 6.07) is 0. The van der Waals surface area contributed by atoms with Gasteiger partial charge in [-0.05, 0) is 20.8 Å². The lowest BCUT2D eigenvalue weighted by Crippen LogP contribution is -2.41. The van der Waals surface area contributed by atoms with Crippen LogP contribution in [0.15, 0.2) is 0 Å². The second-order valence-electron chi connectivity index (χ2n) is 3.91. The van der Waals surface area contributed by atoms with Gasteiger partial charge in [-0.15, -0.1) is 0 Å². The van der Waals surface area contributed by atoms with E-state index in [2.05, 4.69) is 0 Å². The molecular formula is C9H20O4. The smallest absolute Gasteiger partial charge is 0.110 e. The Bertz CT molecular complexity index is 126. The highest BCUT2D eigenvalue weighted by molar-refractivity contribution is 4.73. The van der Waals surface area contributed by atoms with Gasteiger partial charge in [0.05, 0.1) is 18.8 Å². The van der Waals surface area contributed by atoms with Crippen molar-refractivity contribution in [3.05, 3.63) is 0 Å². The van der Waals surface area contributed by atoms with Crippen LogP contribution in [0.2, 0.25) is 0 Å². The van der Waals surface area contributed by atoms with Crippen molar-refractivity contribution in [2.45, 2.75) is 38.6 Å². The molecule has 2 atom stereocenters. The van der Waals surface area contributed by atoms with Gasteiger partial charge < -0.3 is 19.7 Å². The molecule has 0 spiro atoms. The van der Waals surface area contributed by atoms with E-state index in [-0.39, 0.29) is 18.8 Å². The van der Waals surface area contributed by atoms with E-state index in [1.807, 2.05) is 20.8 Å². The Morgan fingerprint density at radius 1 is 1.08 bits per heavy atom. The van der Waals surface area contributed by atoms with Gasteiger partial charge in [-0.1, -0.05) is 0 Å². The Hall–Kier alpha value is -0.160. The lowest BCUT2D eigenvalue weighted by atomic mass is 10.1. The SMILES string of the molecule is CO[C@@H](CO)[C@@H](CO)OC(C)(C)C. The molecule has 0 unspecified atom stereocenters. The monoisotopic (exact) mass is 192 g/mol. The molecular weight excluding hydrogens is 172 g/mol. The largest absolute Gasteiger partial charge is 0.394 e. The van der Waals surface area contributed by atoms with Gasteiger partial charge in [0.2, 0.25) is 0 Å². The molecule has 0 aromatic heterocycles. The number of methoxy groups -OCH3 is 1. The number of rotatable bonds is 5. The summed E-state index contributed by atoms with van der Waals surface area (Å²) in [6.45, 7) is 5.35. The fourth-order valence-electron chi connectivity index (χ4n) is 1.03. The molecule has 80 valence electrons. The van der Waals surface area contributed by atoms with E-state index >= 15 is 0 Å². The molecule has 0 rings (SSSR count). The third kappa shape index (κ3) is 5.21. The summed E-state index contributed by atoms with van der Waals surface area (Å²) in [7, 11) is 1.48. The molecule has 4 nitrogen and oxygen atoms in total. The molecule has 0 bridgehead atoms. The van der Waals surface area contributed by atoms with Gasteiger partial charge in [0.1, 0.15) is 12.2 Å². The highest BCUT2D eigenvalue weighted by Crippen LogP contribution is 2.14. The number of aliphatic hydroxyl groups excluding tert-OH is 2. The van der Waals surface area contributed by atoms with Crippen molar-refractivity contribution in [2.24, 2.45) is 0 Å². The number of hydrogen-bond donors (Lipinski definition) is 2. The Morgan fingerprint density at radius 3 is 1.77 bits per heavy atom. The highest BCUT2D eigenvalue weighted by Gasteiger charge is 2.25. The minimum absolute atomic E-state index is 0.155. The average molecular weight is 192 g/mol. The Kier molecular flexibility index (Phi) is 5.48. The van der Waals surface area contributed by atoms with Crippen molar-refractivity contribution in [2.75, 3.05) is 20.3 Å². The van der Waals surface area contributed by atoms with Crippen LogP contribution in [-0.2, 0) is 9.47 Å². The zero-order valence-electron chi connectivity index (χ0n) is 8.78. The first kappa shape index (κ1) is 12.8. The molecule has 4 heteroatoms. The Labute approximate surface area is 79.5 Å². The predicted octanol–water partition coefficient (Wildman–Crippen LogP) is 0.170. The van der Waals surface area contributed by atoms with Crippen LogP contribution in [0.5, 0.6) is 0 Å². The minimum Gasteiger partial charge on any atom is -0.394 e. The lowest BCUT2D eigenvalue weighted by Gasteiger charge is -2.30. The van der Waals surface area contributed by atoms with Gasteiger partial charge in [0.15, 0.2) is 0 Å². The quantitative estimate of drug-likeness (QED) is 0.652. The van der Waals surface area contributed by atoms with Crippen LogP contribution < -0.4 is 0 Å². The summed E-state index contributed by atoms with van der Waals surface area (Å²) in [6.07, 6.45) is -0.945. The van der Waals surface area contributed by atoms with E-state index in [1.165, 1.54) is 7.11 Å². The van der Waals surface area contributed by atoms with Crippen LogP contribution in [0, 0.1) is 0 Å². The van der Waals surface area contributed by atoms with E-state index in [1.54, 1.807) is 0 Å². The zero-order valence-corrected chi connectivity index (χ0v) is 8.78. The van der Waals surface area contributed by atoms with Crippen LogP contribution in [0.25, 0.3) is 0 Å². The van der Waals surface area contributed by atoms with E-state index in [0.717, 1.165) is 0 Å². The average Bonchev–Trinajstić information content (AvgIpc) is 2.02. The van der Waals surface area contributed by atoms with Crippen LogP contribution in [0.4, 0.5) is 0 Å². The molecule has 13 heavy (non-hydrogen) atoms. The van der Waals surface area contributed by atoms with Crippen molar-refractivity contribution in [3.8, 4) is 0 Å². The summed E-state index contributed by atoms with van der Waals surface area (Å²) in [5, 5.41) is 17.9. The van der Waals surface area contributed by atoms with Crippen molar-refractivity contribution in [1.82, 2.24) is 0 Å². The molecule has 0 fully saturated rings. The van der Waals surface area contributed by atoms with Gasteiger partial charge in [-0.25, -0.2) is 0 Å². The van der Waals surface area contributed by atoms with E-state index in [4.69, 9.17) is 19.7 Å². The van der Waals surface area contributed by atoms with Crippen molar-refractivity contribution >= 4 is 0 Å². The van der Waals surface area contributed by atoms with Gasteiger partial charge >= 0.3 is 0 Å². The minimum atomic E-state index is -0.477. The molecule has 0 amide bonds. The molecule has 0 saturated carbocycles. The van der Waals surface area contributed by atoms with Gasteiger partial charge in [-0.2, -0.15) is 0 Å². The Balaban J connectivity index is 4.15. The third-order valence-corrected chi connectivity index (χ3v) is 1.58. The van der Waals surface area contributed by atoms with Gasteiger partial charge in [0.25, 0.3) is 0 Å². The first-order valence-electron chi connectivity index (χ1n) is 4.37. The summed E-state index contributed by atoms with van der Waals surface area (Å²) in [5.41, 5.74) is -0.348. The molecule has 0 radical (unpaired) electrons. The summed E-state index contributed by atoms with van der Waals surface area (Å²) < 4.78 is 10.5. The highest BCUT2D eigenvalue weighted by atomic mass is 16.6. The maximum Gasteiger partial charge on any atom is 0.110 e. The first-order chi connectivity index (χ1) is 5.94. The maximum atomic E-state index is 9.01. The fraction of sp³-hybridized carbons (Fsp3) is 1.00. The maximum absolute atomic E-state index is 9.01. The summed E-state index contributed by atoms with van der Waals surface area (Å²) in [4.78, 5) is 0. The fourth-order valence-corrected chi connectivity index (χ4v) is 1.03. The topological polar surface area (TPSA) is 58.9 Å². The second kappa shape index (κ2) is 5.54. The number of hydrogen-bond acceptors (Lipinski definition) is 4.